The van der Waals surface area contributed by atoms with E-state index in [1.165, 1.54) is 0 Å². The topological polar surface area (TPSA) is 49.4 Å². The summed E-state index contributed by atoms with van der Waals surface area (Å²) in [6, 6.07) is 9.65. The van der Waals surface area contributed by atoms with Crippen molar-refractivity contribution in [3.8, 4) is 0 Å². The van der Waals surface area contributed by atoms with Gasteiger partial charge in [-0.25, -0.2) is 0 Å². The molecule has 2 rings (SSSR count). The van der Waals surface area contributed by atoms with E-state index in [0.717, 1.165) is 12.0 Å². The van der Waals surface area contributed by atoms with Gasteiger partial charge in [-0.15, -0.1) is 0 Å². The predicted octanol–water partition coefficient (Wildman–Crippen LogP) is 2.68. The number of rotatable bonds is 1. The Morgan fingerprint density at radius 2 is 1.86 bits per heavy atom. The van der Waals surface area contributed by atoms with Gasteiger partial charge in [0.1, 0.15) is 0 Å². The zero-order valence-electron chi connectivity index (χ0n) is 13.3. The highest BCUT2D eigenvalue weighted by atomic mass is 16.2. The lowest BCUT2D eigenvalue weighted by atomic mass is 10.0. The molecule has 0 fully saturated rings. The van der Waals surface area contributed by atoms with Crippen molar-refractivity contribution in [1.29, 1.82) is 0 Å². The van der Waals surface area contributed by atoms with Crippen LogP contribution in [-0.4, -0.2) is 30.3 Å². The molecule has 4 heteroatoms. The highest BCUT2D eigenvalue weighted by Gasteiger charge is 2.22. The predicted molar refractivity (Wildman–Crippen MR) is 87.1 cm³/mol. The van der Waals surface area contributed by atoms with Crippen molar-refractivity contribution in [3.63, 3.8) is 0 Å². The summed E-state index contributed by atoms with van der Waals surface area (Å²) in [6.45, 7) is 2.44. The quantitative estimate of drug-likeness (QED) is 0.811. The third-order valence-electron chi connectivity index (χ3n) is 3.99. The molecule has 0 radical (unpaired) electrons. The minimum atomic E-state index is -0.168. The second-order valence-corrected chi connectivity index (χ2v) is 5.90. The number of nitrogens with zero attached hydrogens (tertiary/aromatic N) is 1. The van der Waals surface area contributed by atoms with Gasteiger partial charge in [0, 0.05) is 25.9 Å². The number of likely N-dealkylation sites (N-methyl/N-ethyl adjacent to an activating group) is 1. The molecule has 1 heterocycles. The molecule has 0 spiro atoms. The van der Waals surface area contributed by atoms with Gasteiger partial charge < -0.3 is 10.2 Å². The number of hydrogen-bond donors (Lipinski definition) is 1. The Bertz CT molecular complexity index is 539. The van der Waals surface area contributed by atoms with Crippen molar-refractivity contribution >= 4 is 11.8 Å². The molecule has 0 saturated heterocycles. The van der Waals surface area contributed by atoms with Crippen LogP contribution in [-0.2, 0) is 9.59 Å². The molecule has 0 bridgehead atoms. The molecule has 0 aliphatic carbocycles. The van der Waals surface area contributed by atoms with E-state index >= 15 is 0 Å². The summed E-state index contributed by atoms with van der Waals surface area (Å²) in [5.41, 5.74) is 1.02. The number of carbonyl (C=O) groups is 2. The average molecular weight is 300 g/mol. The lowest BCUT2D eigenvalue weighted by molar-refractivity contribution is -0.134. The van der Waals surface area contributed by atoms with Crippen molar-refractivity contribution in [2.75, 3.05) is 13.6 Å². The molecule has 0 aromatic heterocycles. The van der Waals surface area contributed by atoms with Gasteiger partial charge in [0.15, 0.2) is 0 Å². The van der Waals surface area contributed by atoms with Crippen LogP contribution >= 0.6 is 0 Å². The minimum Gasteiger partial charge on any atom is -0.347 e. The third kappa shape index (κ3) is 4.45. The summed E-state index contributed by atoms with van der Waals surface area (Å²) in [7, 11) is 1.80. The van der Waals surface area contributed by atoms with E-state index < -0.39 is 0 Å². The molecule has 2 amide bonds. The monoisotopic (exact) mass is 300 g/mol. The van der Waals surface area contributed by atoms with Crippen LogP contribution in [0, 0.1) is 5.92 Å². The Morgan fingerprint density at radius 3 is 2.59 bits per heavy atom. The second kappa shape index (κ2) is 7.78. The molecule has 22 heavy (non-hydrogen) atoms. The first-order valence-electron chi connectivity index (χ1n) is 7.82. The standard InChI is InChI=1S/C18H24N2O2/c1-14-9-5-3-8-12-17(21)19-16(13-20(2)18(14)22)15-10-6-4-7-11-15/h3-7,10-11,14,16H,8-9,12-13H2,1-2H3,(H,19,21)/b5-3+/t14-,16+/m1/s1. The van der Waals surface area contributed by atoms with Crippen molar-refractivity contribution in [3.05, 3.63) is 48.0 Å². The molecule has 0 unspecified atom stereocenters. The Kier molecular flexibility index (Phi) is 5.75. The molecule has 1 aromatic rings. The molecule has 118 valence electrons. The van der Waals surface area contributed by atoms with E-state index in [1.54, 1.807) is 11.9 Å². The third-order valence-corrected chi connectivity index (χ3v) is 3.99. The van der Waals surface area contributed by atoms with Crippen molar-refractivity contribution in [2.24, 2.45) is 5.92 Å². The summed E-state index contributed by atoms with van der Waals surface area (Å²) < 4.78 is 0. The molecule has 0 saturated carbocycles. The smallest absolute Gasteiger partial charge is 0.225 e. The number of amides is 2. The summed E-state index contributed by atoms with van der Waals surface area (Å²) in [4.78, 5) is 26.2. The van der Waals surface area contributed by atoms with Gasteiger partial charge in [0.2, 0.25) is 11.8 Å². The summed E-state index contributed by atoms with van der Waals surface area (Å²) in [6.07, 6.45) is 5.90. The Balaban J connectivity index is 2.21. The van der Waals surface area contributed by atoms with Gasteiger partial charge in [0.05, 0.1) is 6.04 Å². The number of carbonyl (C=O) groups excluding carboxylic acids is 2. The zero-order chi connectivity index (χ0) is 15.9. The first kappa shape index (κ1) is 16.3. The number of benzene rings is 1. The zero-order valence-corrected chi connectivity index (χ0v) is 13.3. The molecule has 1 N–H and O–H groups in total. The first-order valence-corrected chi connectivity index (χ1v) is 7.82. The minimum absolute atomic E-state index is 0.0213. The van der Waals surface area contributed by atoms with Crippen LogP contribution in [0.3, 0.4) is 0 Å². The van der Waals surface area contributed by atoms with E-state index in [-0.39, 0.29) is 23.8 Å². The fourth-order valence-electron chi connectivity index (χ4n) is 2.66. The van der Waals surface area contributed by atoms with Crippen LogP contribution in [0.15, 0.2) is 42.5 Å². The highest BCUT2D eigenvalue weighted by Crippen LogP contribution is 2.17. The molecule has 1 aromatic carbocycles. The summed E-state index contributed by atoms with van der Waals surface area (Å²) >= 11 is 0. The van der Waals surface area contributed by atoms with Crippen molar-refractivity contribution < 1.29 is 9.59 Å². The summed E-state index contributed by atoms with van der Waals surface area (Å²) in [5, 5.41) is 3.05. The van der Waals surface area contributed by atoms with E-state index in [9.17, 15) is 9.59 Å². The Morgan fingerprint density at radius 1 is 1.14 bits per heavy atom. The maximum atomic E-state index is 12.4. The van der Waals surface area contributed by atoms with E-state index in [1.807, 2.05) is 49.4 Å². The summed E-state index contributed by atoms with van der Waals surface area (Å²) in [5.74, 6) is 0.0983. The fraction of sp³-hybridized carbons (Fsp3) is 0.444. The van der Waals surface area contributed by atoms with Crippen LogP contribution < -0.4 is 5.32 Å². The van der Waals surface area contributed by atoms with E-state index in [2.05, 4.69) is 5.32 Å². The molecule has 1 aliphatic rings. The average Bonchev–Trinajstić information content (AvgIpc) is 2.52. The lowest BCUT2D eigenvalue weighted by Gasteiger charge is -2.27. The van der Waals surface area contributed by atoms with Gasteiger partial charge in [-0.05, 0) is 18.4 Å². The maximum Gasteiger partial charge on any atom is 0.225 e. The Labute approximate surface area is 132 Å². The molecule has 4 nitrogen and oxygen atoms in total. The van der Waals surface area contributed by atoms with Crippen molar-refractivity contribution in [2.45, 2.75) is 32.2 Å². The largest absolute Gasteiger partial charge is 0.347 e. The highest BCUT2D eigenvalue weighted by molar-refractivity contribution is 5.79. The molecular weight excluding hydrogens is 276 g/mol. The van der Waals surface area contributed by atoms with Crippen LogP contribution in [0.1, 0.15) is 37.8 Å². The first-order chi connectivity index (χ1) is 10.6. The van der Waals surface area contributed by atoms with Crippen LogP contribution in [0.25, 0.3) is 0 Å². The van der Waals surface area contributed by atoms with Gasteiger partial charge in [0.25, 0.3) is 0 Å². The molecular formula is C18H24N2O2. The van der Waals surface area contributed by atoms with Gasteiger partial charge in [-0.3, -0.25) is 9.59 Å². The van der Waals surface area contributed by atoms with Gasteiger partial charge in [-0.1, -0.05) is 49.4 Å². The number of allylic oxidation sites excluding steroid dienone is 2. The number of hydrogen-bond acceptors (Lipinski definition) is 2. The fourth-order valence-corrected chi connectivity index (χ4v) is 2.66. The maximum absolute atomic E-state index is 12.4. The van der Waals surface area contributed by atoms with Crippen LogP contribution in [0.4, 0.5) is 0 Å². The molecule has 2 atom stereocenters. The molecule has 1 aliphatic heterocycles. The Hall–Kier alpha value is -2.10. The van der Waals surface area contributed by atoms with Crippen molar-refractivity contribution in [1.82, 2.24) is 10.2 Å². The van der Waals surface area contributed by atoms with E-state index in [0.29, 0.717) is 19.4 Å². The SMILES string of the molecule is C[C@@H]1C/C=C/CCC(=O)N[C@H](c2ccccc2)CN(C)C1=O. The van der Waals surface area contributed by atoms with Gasteiger partial charge >= 0.3 is 0 Å². The second-order valence-electron chi connectivity index (χ2n) is 5.90. The lowest BCUT2D eigenvalue weighted by Crippen LogP contribution is -2.40. The van der Waals surface area contributed by atoms with Crippen LogP contribution in [0.2, 0.25) is 0 Å². The van der Waals surface area contributed by atoms with E-state index in [4.69, 9.17) is 0 Å². The normalized spacial score (nSPS) is 25.8. The van der Waals surface area contributed by atoms with Crippen LogP contribution in [0.5, 0.6) is 0 Å². The van der Waals surface area contributed by atoms with Gasteiger partial charge in [-0.2, -0.15) is 0 Å². The number of nitrogens with one attached hydrogen (secondary N) is 1.